The van der Waals surface area contributed by atoms with Crippen molar-refractivity contribution < 1.29 is 19.0 Å². The van der Waals surface area contributed by atoms with Crippen LogP contribution >= 0.6 is 22.9 Å². The van der Waals surface area contributed by atoms with Gasteiger partial charge in [-0.05, 0) is 38.5 Å². The van der Waals surface area contributed by atoms with E-state index < -0.39 is 12.1 Å². The van der Waals surface area contributed by atoms with Crippen LogP contribution in [0, 0.1) is 0 Å². The predicted octanol–water partition coefficient (Wildman–Crippen LogP) is 3.55. The fraction of sp³-hybridized carbons (Fsp3) is 0.353. The van der Waals surface area contributed by atoms with Crippen LogP contribution in [0.3, 0.4) is 0 Å². The Balaban J connectivity index is 2.17. The van der Waals surface area contributed by atoms with Crippen molar-refractivity contribution >= 4 is 46.1 Å². The molecule has 8 nitrogen and oxygen atoms in total. The maximum Gasteiger partial charge on any atom is 0.347 e. The number of carbonyl (C=O) groups excluding carboxylic acids is 1. The number of nitrogens with two attached hydrogens (primary N) is 1. The van der Waals surface area contributed by atoms with E-state index >= 15 is 0 Å². The molecule has 0 fully saturated rings. The van der Waals surface area contributed by atoms with Gasteiger partial charge in [0.05, 0.1) is 24.5 Å². The van der Waals surface area contributed by atoms with E-state index in [0.717, 1.165) is 0 Å². The number of hydrogen-bond acceptors (Lipinski definition) is 9. The van der Waals surface area contributed by atoms with Crippen LogP contribution < -0.4 is 20.6 Å². The van der Waals surface area contributed by atoms with Gasteiger partial charge in [0.1, 0.15) is 5.82 Å². The second-order valence-electron chi connectivity index (χ2n) is 5.22. The number of rotatable bonds is 9. The van der Waals surface area contributed by atoms with Gasteiger partial charge in [-0.1, -0.05) is 11.6 Å². The predicted molar refractivity (Wildman–Crippen MR) is 107 cm³/mol. The molecule has 0 spiro atoms. The number of ether oxygens (including phenoxy) is 3. The van der Waals surface area contributed by atoms with Gasteiger partial charge in [0.15, 0.2) is 17.6 Å². The van der Waals surface area contributed by atoms with E-state index in [1.54, 1.807) is 37.6 Å². The molecule has 1 unspecified atom stereocenters. The number of esters is 1. The Hall–Kier alpha value is -2.52. The summed E-state index contributed by atoms with van der Waals surface area (Å²) in [4.78, 5) is 15.8. The second kappa shape index (κ2) is 9.98. The number of nitrogens with zero attached hydrogens (tertiary/aromatic N) is 2. The number of nitrogens with one attached hydrogen (secondary N) is 1. The van der Waals surface area contributed by atoms with Crippen LogP contribution in [0.4, 0.5) is 10.9 Å². The number of nitrogen functional groups attached to an aromatic ring is 1. The highest BCUT2D eigenvalue weighted by molar-refractivity contribution is 7.14. The van der Waals surface area contributed by atoms with Gasteiger partial charge < -0.3 is 19.9 Å². The number of benzene rings is 1. The van der Waals surface area contributed by atoms with Gasteiger partial charge in [0, 0.05) is 5.38 Å². The summed E-state index contributed by atoms with van der Waals surface area (Å²) in [6.07, 6.45) is 0.739. The zero-order valence-corrected chi connectivity index (χ0v) is 16.8. The molecule has 10 heteroatoms. The lowest BCUT2D eigenvalue weighted by molar-refractivity contribution is -0.150. The van der Waals surface area contributed by atoms with Gasteiger partial charge in [0.2, 0.25) is 5.13 Å². The van der Waals surface area contributed by atoms with E-state index in [1.165, 1.54) is 11.3 Å². The Bertz CT molecular complexity index is 812. The molecule has 2 rings (SSSR count). The minimum Gasteiger partial charge on any atom is -0.490 e. The lowest BCUT2D eigenvalue weighted by atomic mass is 10.2. The van der Waals surface area contributed by atoms with Gasteiger partial charge >= 0.3 is 5.97 Å². The van der Waals surface area contributed by atoms with E-state index in [-0.39, 0.29) is 17.4 Å². The quantitative estimate of drug-likeness (QED) is 0.368. The number of hydrogen-bond donors (Lipinski definition) is 2. The average Bonchev–Trinajstić information content (AvgIpc) is 3.03. The van der Waals surface area contributed by atoms with Gasteiger partial charge in [-0.3, -0.25) is 5.43 Å². The van der Waals surface area contributed by atoms with E-state index in [1.807, 2.05) is 6.92 Å². The third-order valence-corrected chi connectivity index (χ3v) is 4.19. The molecule has 0 amide bonds. The van der Waals surface area contributed by atoms with Crippen molar-refractivity contribution in [1.82, 2.24) is 4.98 Å². The molecule has 0 aliphatic heterocycles. The van der Waals surface area contributed by atoms with Gasteiger partial charge in [-0.15, -0.1) is 11.3 Å². The van der Waals surface area contributed by atoms with Crippen molar-refractivity contribution in [1.29, 1.82) is 0 Å². The summed E-state index contributed by atoms with van der Waals surface area (Å²) < 4.78 is 16.2. The van der Waals surface area contributed by atoms with E-state index in [2.05, 4.69) is 15.5 Å². The first-order valence-electron chi connectivity index (χ1n) is 8.24. The molecular formula is C17H21ClN4O4S. The van der Waals surface area contributed by atoms with E-state index in [4.69, 9.17) is 31.5 Å². The summed E-state index contributed by atoms with van der Waals surface area (Å²) >= 11 is 7.67. The SMILES string of the molecule is CCOC(=O)C(C)Oc1c(Cl)cc(C=NNc2nc(N)cs2)cc1OCC. The van der Waals surface area contributed by atoms with Crippen molar-refractivity contribution in [3.63, 3.8) is 0 Å². The number of anilines is 2. The van der Waals surface area contributed by atoms with Crippen molar-refractivity contribution in [2.45, 2.75) is 26.9 Å². The molecule has 27 heavy (non-hydrogen) atoms. The molecule has 1 heterocycles. The number of aromatic nitrogens is 1. The van der Waals surface area contributed by atoms with Crippen LogP contribution in [0.15, 0.2) is 22.6 Å². The summed E-state index contributed by atoms with van der Waals surface area (Å²) in [7, 11) is 0. The number of halogens is 1. The fourth-order valence-corrected chi connectivity index (χ4v) is 2.84. The normalized spacial score (nSPS) is 12.0. The van der Waals surface area contributed by atoms with Crippen LogP contribution in [0.5, 0.6) is 11.5 Å². The standard InChI is InChI=1S/C17H21ClN4O4S/c1-4-24-13-7-11(8-20-22-17-21-14(19)9-27-17)6-12(18)15(13)26-10(3)16(23)25-5-2/h6-10H,4-5,19H2,1-3H3,(H,21,22). The first kappa shape index (κ1) is 20.8. The molecule has 1 aromatic carbocycles. The first-order chi connectivity index (χ1) is 12.9. The molecular weight excluding hydrogens is 392 g/mol. The molecule has 1 aromatic heterocycles. The third kappa shape index (κ3) is 6.00. The average molecular weight is 413 g/mol. The monoisotopic (exact) mass is 412 g/mol. The Morgan fingerprint density at radius 2 is 2.22 bits per heavy atom. The summed E-state index contributed by atoms with van der Waals surface area (Å²) in [5.74, 6) is 0.628. The van der Waals surface area contributed by atoms with Crippen LogP contribution in [0.2, 0.25) is 5.02 Å². The lowest BCUT2D eigenvalue weighted by Gasteiger charge is -2.18. The van der Waals surface area contributed by atoms with E-state index in [9.17, 15) is 4.79 Å². The van der Waals surface area contributed by atoms with Crippen molar-refractivity contribution in [2.24, 2.45) is 5.10 Å². The minimum absolute atomic E-state index is 0.270. The van der Waals surface area contributed by atoms with Crippen molar-refractivity contribution in [3.05, 3.63) is 28.1 Å². The molecule has 0 aliphatic carbocycles. The number of hydrazone groups is 1. The van der Waals surface area contributed by atoms with Crippen LogP contribution in [0.25, 0.3) is 0 Å². The Morgan fingerprint density at radius 1 is 1.44 bits per heavy atom. The summed E-state index contributed by atoms with van der Waals surface area (Å²) in [5.41, 5.74) is 9.02. The van der Waals surface area contributed by atoms with Crippen LogP contribution in [0.1, 0.15) is 26.3 Å². The van der Waals surface area contributed by atoms with Gasteiger partial charge in [0.25, 0.3) is 0 Å². The zero-order valence-electron chi connectivity index (χ0n) is 15.2. The summed E-state index contributed by atoms with van der Waals surface area (Å²) in [6, 6.07) is 3.36. The molecule has 0 bridgehead atoms. The molecule has 146 valence electrons. The molecule has 0 saturated carbocycles. The third-order valence-electron chi connectivity index (χ3n) is 3.14. The molecule has 0 radical (unpaired) electrons. The first-order valence-corrected chi connectivity index (χ1v) is 9.50. The summed E-state index contributed by atoms with van der Waals surface area (Å²) in [5, 5.41) is 6.67. The molecule has 1 atom stereocenters. The number of thiazole rings is 1. The van der Waals surface area contributed by atoms with Crippen LogP contribution in [-0.4, -0.2) is 36.5 Å². The van der Waals surface area contributed by atoms with Crippen molar-refractivity contribution in [2.75, 3.05) is 24.4 Å². The molecule has 0 aliphatic rings. The maximum absolute atomic E-state index is 11.8. The Morgan fingerprint density at radius 3 is 2.85 bits per heavy atom. The maximum atomic E-state index is 11.8. The molecule has 2 aromatic rings. The Labute approximate surface area is 166 Å². The minimum atomic E-state index is -0.821. The topological polar surface area (TPSA) is 108 Å². The fourth-order valence-electron chi connectivity index (χ4n) is 2.02. The highest BCUT2D eigenvalue weighted by atomic mass is 35.5. The van der Waals surface area contributed by atoms with Gasteiger partial charge in [-0.25, -0.2) is 9.78 Å². The van der Waals surface area contributed by atoms with Gasteiger partial charge in [-0.2, -0.15) is 5.10 Å². The van der Waals surface area contributed by atoms with E-state index in [0.29, 0.717) is 28.9 Å². The summed E-state index contributed by atoms with van der Waals surface area (Å²) in [6.45, 7) is 5.82. The lowest BCUT2D eigenvalue weighted by Crippen LogP contribution is -2.26. The smallest absolute Gasteiger partial charge is 0.347 e. The zero-order chi connectivity index (χ0) is 19.8. The highest BCUT2D eigenvalue weighted by Gasteiger charge is 2.21. The molecule has 0 saturated heterocycles. The highest BCUT2D eigenvalue weighted by Crippen LogP contribution is 2.37. The second-order valence-corrected chi connectivity index (χ2v) is 6.49. The molecule has 3 N–H and O–H groups in total. The van der Waals surface area contributed by atoms with Crippen molar-refractivity contribution in [3.8, 4) is 11.5 Å². The Kier molecular flexibility index (Phi) is 7.68. The largest absolute Gasteiger partial charge is 0.490 e. The van der Waals surface area contributed by atoms with Crippen LogP contribution in [-0.2, 0) is 9.53 Å². The number of carbonyl (C=O) groups is 1.